The molecule has 0 bridgehead atoms. The van der Waals surface area contributed by atoms with Crippen LogP contribution in [0, 0.1) is 5.92 Å². The molecule has 2 aliphatic heterocycles. The van der Waals surface area contributed by atoms with Crippen molar-refractivity contribution in [3.8, 4) is 5.75 Å². The summed E-state index contributed by atoms with van der Waals surface area (Å²) in [5.41, 5.74) is 2.92. The highest BCUT2D eigenvalue weighted by Gasteiger charge is 2.46. The molecule has 4 rings (SSSR count). The minimum absolute atomic E-state index is 0.179. The number of aromatic nitrogens is 1. The van der Waals surface area contributed by atoms with Crippen molar-refractivity contribution < 1.29 is 9.47 Å². The molecule has 0 unspecified atom stereocenters. The summed E-state index contributed by atoms with van der Waals surface area (Å²) in [4.78, 5) is 6.93. The average Bonchev–Trinajstić information content (AvgIpc) is 3.21. The molecule has 2 aromatic rings. The van der Waals surface area contributed by atoms with Gasteiger partial charge in [-0.15, -0.1) is 11.3 Å². The topological polar surface area (TPSA) is 34.6 Å². The van der Waals surface area contributed by atoms with Crippen LogP contribution in [0.25, 0.3) is 0 Å². The molecule has 2 saturated heterocycles. The lowest BCUT2D eigenvalue weighted by Gasteiger charge is -2.33. The normalized spacial score (nSPS) is 30.2. The van der Waals surface area contributed by atoms with E-state index in [1.807, 2.05) is 35.8 Å². The van der Waals surface area contributed by atoms with Crippen LogP contribution in [0.1, 0.15) is 25.5 Å². The first kappa shape index (κ1) is 16.1. The van der Waals surface area contributed by atoms with Gasteiger partial charge in [0.1, 0.15) is 18.0 Å². The summed E-state index contributed by atoms with van der Waals surface area (Å²) in [6, 6.07) is 10.0. The van der Waals surface area contributed by atoms with Gasteiger partial charge in [-0.1, -0.05) is 18.2 Å². The zero-order chi connectivity index (χ0) is 16.4. The highest BCUT2D eigenvalue weighted by Crippen LogP contribution is 2.39. The number of likely N-dealkylation sites (tertiary alicyclic amines) is 1. The van der Waals surface area contributed by atoms with Gasteiger partial charge in [-0.25, -0.2) is 4.98 Å². The van der Waals surface area contributed by atoms with Crippen molar-refractivity contribution in [3.05, 3.63) is 46.9 Å². The number of piperidine rings is 1. The Morgan fingerprint density at radius 3 is 3.04 bits per heavy atom. The molecule has 2 aliphatic rings. The third kappa shape index (κ3) is 3.63. The quantitative estimate of drug-likeness (QED) is 0.830. The van der Waals surface area contributed by atoms with Gasteiger partial charge in [0.25, 0.3) is 0 Å². The summed E-state index contributed by atoms with van der Waals surface area (Å²) in [6.07, 6.45) is 2.55. The van der Waals surface area contributed by atoms with E-state index < -0.39 is 0 Å². The number of hydrogen-bond donors (Lipinski definition) is 0. The van der Waals surface area contributed by atoms with Crippen molar-refractivity contribution in [1.29, 1.82) is 0 Å². The lowest BCUT2D eigenvalue weighted by atomic mass is 9.89. The molecule has 24 heavy (non-hydrogen) atoms. The predicted molar refractivity (Wildman–Crippen MR) is 95.3 cm³/mol. The van der Waals surface area contributed by atoms with Gasteiger partial charge >= 0.3 is 0 Å². The SMILES string of the molecule is C[C@]1(COc2ccccc2)C[C@@H]2CN(Cc3cscn3)CC[C@@H]2O1. The summed E-state index contributed by atoms with van der Waals surface area (Å²) in [5.74, 6) is 1.52. The number of benzene rings is 1. The Morgan fingerprint density at radius 1 is 1.38 bits per heavy atom. The van der Waals surface area contributed by atoms with Crippen LogP contribution in [0.4, 0.5) is 0 Å². The van der Waals surface area contributed by atoms with Crippen LogP contribution in [0.5, 0.6) is 5.75 Å². The molecule has 2 fully saturated rings. The Morgan fingerprint density at radius 2 is 2.25 bits per heavy atom. The van der Waals surface area contributed by atoms with E-state index in [1.54, 1.807) is 11.3 Å². The number of para-hydroxylation sites is 1. The maximum absolute atomic E-state index is 6.39. The number of ether oxygens (including phenoxy) is 2. The Balaban J connectivity index is 1.33. The Labute approximate surface area is 147 Å². The third-order valence-corrected chi connectivity index (χ3v) is 5.67. The second kappa shape index (κ2) is 6.82. The number of thiazole rings is 1. The molecule has 0 amide bonds. The van der Waals surface area contributed by atoms with Gasteiger partial charge in [0.15, 0.2) is 0 Å². The zero-order valence-electron chi connectivity index (χ0n) is 14.1. The number of nitrogens with zero attached hydrogens (tertiary/aromatic N) is 2. The van der Waals surface area contributed by atoms with Crippen LogP contribution in [-0.4, -0.2) is 41.3 Å². The summed E-state index contributed by atoms with van der Waals surface area (Å²) in [7, 11) is 0. The van der Waals surface area contributed by atoms with Gasteiger partial charge in [0.05, 0.1) is 17.3 Å². The highest BCUT2D eigenvalue weighted by molar-refractivity contribution is 7.07. The maximum atomic E-state index is 6.39. The molecule has 4 nitrogen and oxygen atoms in total. The van der Waals surface area contributed by atoms with E-state index in [-0.39, 0.29) is 5.60 Å². The molecular weight excluding hydrogens is 320 g/mol. The first-order valence-electron chi connectivity index (χ1n) is 8.65. The Kier molecular flexibility index (Phi) is 4.57. The molecule has 0 saturated carbocycles. The molecule has 128 valence electrons. The fourth-order valence-electron chi connectivity index (χ4n) is 3.94. The van der Waals surface area contributed by atoms with Crippen LogP contribution in [0.15, 0.2) is 41.2 Å². The van der Waals surface area contributed by atoms with Gasteiger partial charge in [0.2, 0.25) is 0 Å². The van der Waals surface area contributed by atoms with Crippen molar-refractivity contribution in [2.75, 3.05) is 19.7 Å². The van der Waals surface area contributed by atoms with E-state index in [0.717, 1.165) is 38.2 Å². The van der Waals surface area contributed by atoms with Crippen LogP contribution >= 0.6 is 11.3 Å². The van der Waals surface area contributed by atoms with Crippen molar-refractivity contribution in [3.63, 3.8) is 0 Å². The molecule has 0 spiro atoms. The van der Waals surface area contributed by atoms with Crippen molar-refractivity contribution in [2.45, 2.75) is 38.0 Å². The van der Waals surface area contributed by atoms with Gasteiger partial charge < -0.3 is 9.47 Å². The summed E-state index contributed by atoms with van der Waals surface area (Å²) in [6.45, 7) is 5.97. The standard InChI is InChI=1S/C19H24N2O2S/c1-19(13-22-17-5-3-2-4-6-17)9-15-10-21(8-7-18(15)23-19)11-16-12-24-14-20-16/h2-6,12,14-15,18H,7-11,13H2,1H3/t15-,18+,19-/m1/s1. The first-order chi connectivity index (χ1) is 11.7. The lowest BCUT2D eigenvalue weighted by Crippen LogP contribution is -2.40. The summed E-state index contributed by atoms with van der Waals surface area (Å²) in [5, 5.41) is 2.15. The molecule has 1 aromatic heterocycles. The number of hydrogen-bond acceptors (Lipinski definition) is 5. The molecule has 0 aliphatic carbocycles. The van der Waals surface area contributed by atoms with Gasteiger partial charge in [-0.2, -0.15) is 0 Å². The molecule has 1 aromatic carbocycles. The summed E-state index contributed by atoms with van der Waals surface area (Å²) >= 11 is 1.67. The van der Waals surface area contributed by atoms with Gasteiger partial charge in [-0.3, -0.25) is 4.90 Å². The van der Waals surface area contributed by atoms with Crippen molar-refractivity contribution >= 4 is 11.3 Å². The van der Waals surface area contributed by atoms with Crippen LogP contribution in [0.2, 0.25) is 0 Å². The molecule has 3 heterocycles. The third-order valence-electron chi connectivity index (χ3n) is 5.03. The highest BCUT2D eigenvalue weighted by atomic mass is 32.1. The van der Waals surface area contributed by atoms with E-state index in [2.05, 4.69) is 22.2 Å². The summed E-state index contributed by atoms with van der Waals surface area (Å²) < 4.78 is 12.4. The monoisotopic (exact) mass is 344 g/mol. The fourth-order valence-corrected chi connectivity index (χ4v) is 4.49. The van der Waals surface area contributed by atoms with Crippen molar-refractivity contribution in [2.24, 2.45) is 5.92 Å². The van der Waals surface area contributed by atoms with Gasteiger partial charge in [-0.05, 0) is 31.9 Å². The van der Waals surface area contributed by atoms with Crippen LogP contribution in [-0.2, 0) is 11.3 Å². The Hall–Kier alpha value is -1.43. The van der Waals surface area contributed by atoms with E-state index in [1.165, 1.54) is 5.69 Å². The number of fused-ring (bicyclic) bond motifs is 1. The largest absolute Gasteiger partial charge is 0.491 e. The minimum Gasteiger partial charge on any atom is -0.491 e. The molecule has 3 atom stereocenters. The second-order valence-electron chi connectivity index (χ2n) is 7.18. The second-order valence-corrected chi connectivity index (χ2v) is 7.89. The lowest BCUT2D eigenvalue weighted by molar-refractivity contribution is -0.0698. The van der Waals surface area contributed by atoms with Crippen molar-refractivity contribution in [1.82, 2.24) is 9.88 Å². The molecule has 0 N–H and O–H groups in total. The van der Waals surface area contributed by atoms with E-state index in [0.29, 0.717) is 18.6 Å². The minimum atomic E-state index is -0.179. The van der Waals surface area contributed by atoms with Crippen LogP contribution in [0.3, 0.4) is 0 Å². The fraction of sp³-hybridized carbons (Fsp3) is 0.526. The number of rotatable bonds is 5. The Bertz CT molecular complexity index is 649. The van der Waals surface area contributed by atoms with E-state index in [9.17, 15) is 0 Å². The van der Waals surface area contributed by atoms with E-state index in [4.69, 9.17) is 9.47 Å². The van der Waals surface area contributed by atoms with E-state index >= 15 is 0 Å². The average molecular weight is 344 g/mol. The molecule has 5 heteroatoms. The maximum Gasteiger partial charge on any atom is 0.119 e. The first-order valence-corrected chi connectivity index (χ1v) is 9.60. The van der Waals surface area contributed by atoms with Crippen LogP contribution < -0.4 is 4.74 Å². The molecular formula is C19H24N2O2S. The van der Waals surface area contributed by atoms with Gasteiger partial charge in [0, 0.05) is 30.9 Å². The molecule has 0 radical (unpaired) electrons. The predicted octanol–water partition coefficient (Wildman–Crippen LogP) is 3.59. The zero-order valence-corrected chi connectivity index (χ0v) is 14.9. The smallest absolute Gasteiger partial charge is 0.119 e.